The van der Waals surface area contributed by atoms with E-state index in [2.05, 4.69) is 14.9 Å². The molecule has 0 unspecified atom stereocenters. The second-order valence-electron chi connectivity index (χ2n) is 7.31. The van der Waals surface area contributed by atoms with Gasteiger partial charge in [0.15, 0.2) is 9.84 Å². The Balaban J connectivity index is 1.76. The van der Waals surface area contributed by atoms with Gasteiger partial charge in [0.25, 0.3) is 0 Å². The third kappa shape index (κ3) is 3.45. The van der Waals surface area contributed by atoms with Crippen LogP contribution in [0.4, 0.5) is 10.1 Å². The first-order chi connectivity index (χ1) is 12.2. The van der Waals surface area contributed by atoms with Crippen LogP contribution in [0.15, 0.2) is 41.6 Å². The number of hydrogen-bond acceptors (Lipinski definition) is 5. The van der Waals surface area contributed by atoms with Gasteiger partial charge in [-0.05, 0) is 57.7 Å². The van der Waals surface area contributed by atoms with Gasteiger partial charge in [0.1, 0.15) is 11.6 Å². The Morgan fingerprint density at radius 3 is 2.35 bits per heavy atom. The van der Waals surface area contributed by atoms with Crippen LogP contribution in [-0.2, 0) is 9.84 Å². The highest BCUT2D eigenvalue weighted by molar-refractivity contribution is 7.92. The third-order valence-corrected chi connectivity index (χ3v) is 8.00. The van der Waals surface area contributed by atoms with E-state index in [4.69, 9.17) is 0 Å². The van der Waals surface area contributed by atoms with Gasteiger partial charge in [-0.1, -0.05) is 6.07 Å². The summed E-state index contributed by atoms with van der Waals surface area (Å²) in [6.45, 7) is 6.85. The van der Waals surface area contributed by atoms with E-state index in [0.29, 0.717) is 0 Å². The molecule has 140 valence electrons. The zero-order chi connectivity index (χ0) is 18.9. The molecule has 0 aliphatic carbocycles. The number of piperidine rings is 1. The molecule has 1 fully saturated rings. The molecule has 1 aliphatic heterocycles. The van der Waals surface area contributed by atoms with E-state index < -0.39 is 20.4 Å². The molecule has 1 aromatic carbocycles. The third-order valence-electron chi connectivity index (χ3n) is 5.41. The van der Waals surface area contributed by atoms with E-state index in [0.717, 1.165) is 43.5 Å². The van der Waals surface area contributed by atoms with Crippen LogP contribution in [0.25, 0.3) is 0 Å². The van der Waals surface area contributed by atoms with E-state index in [1.54, 1.807) is 26.2 Å². The predicted molar refractivity (Wildman–Crippen MR) is 99.4 cm³/mol. The van der Waals surface area contributed by atoms with Crippen molar-refractivity contribution in [2.45, 2.75) is 43.3 Å². The van der Waals surface area contributed by atoms with E-state index in [9.17, 15) is 12.8 Å². The lowest BCUT2D eigenvalue weighted by molar-refractivity contribution is 0.324. The molecule has 0 saturated carbocycles. The van der Waals surface area contributed by atoms with Crippen LogP contribution < -0.4 is 4.90 Å². The topological polar surface area (TPSA) is 63.2 Å². The van der Waals surface area contributed by atoms with Crippen LogP contribution in [0.1, 0.15) is 32.5 Å². The van der Waals surface area contributed by atoms with Gasteiger partial charge in [0.2, 0.25) is 0 Å². The fourth-order valence-corrected chi connectivity index (χ4v) is 5.35. The monoisotopic (exact) mass is 377 g/mol. The minimum atomic E-state index is -3.63. The zero-order valence-electron chi connectivity index (χ0n) is 15.3. The quantitative estimate of drug-likeness (QED) is 0.817. The molecule has 1 saturated heterocycles. The number of nitrogens with zero attached hydrogens (tertiary/aromatic N) is 3. The Morgan fingerprint density at radius 2 is 1.77 bits per heavy atom. The summed E-state index contributed by atoms with van der Waals surface area (Å²) in [5, 5.41) is 0. The fraction of sp³-hybridized carbons (Fsp3) is 0.474. The minimum Gasteiger partial charge on any atom is -0.369 e. The maximum absolute atomic E-state index is 13.5. The lowest BCUT2D eigenvalue weighted by Crippen LogP contribution is -2.46. The van der Waals surface area contributed by atoms with Crippen molar-refractivity contribution in [3.63, 3.8) is 0 Å². The van der Waals surface area contributed by atoms with Crippen LogP contribution in [0, 0.1) is 18.7 Å². The van der Waals surface area contributed by atoms with Gasteiger partial charge in [-0.15, -0.1) is 0 Å². The standard InChI is InChI=1S/C19H24FN3O2S/c1-14-21-12-17(13-22-14)23-9-7-15(8-10-23)19(2,3)26(24,25)18-6-4-5-16(20)11-18/h4-6,11-13,15H,7-10H2,1-3H3. The molecule has 26 heavy (non-hydrogen) atoms. The van der Waals surface area contributed by atoms with Crippen molar-refractivity contribution in [1.82, 2.24) is 9.97 Å². The summed E-state index contributed by atoms with van der Waals surface area (Å²) in [5.74, 6) is 0.195. The highest BCUT2D eigenvalue weighted by Gasteiger charge is 2.43. The summed E-state index contributed by atoms with van der Waals surface area (Å²) in [7, 11) is -3.63. The predicted octanol–water partition coefficient (Wildman–Crippen LogP) is 3.39. The van der Waals surface area contributed by atoms with Crippen molar-refractivity contribution in [1.29, 1.82) is 0 Å². The molecule has 0 radical (unpaired) electrons. The smallest absolute Gasteiger partial charge is 0.183 e. The average Bonchev–Trinajstić information content (AvgIpc) is 2.62. The van der Waals surface area contributed by atoms with E-state index in [1.807, 2.05) is 6.92 Å². The maximum atomic E-state index is 13.5. The van der Waals surface area contributed by atoms with Crippen molar-refractivity contribution in [2.24, 2.45) is 5.92 Å². The Morgan fingerprint density at radius 1 is 1.15 bits per heavy atom. The van der Waals surface area contributed by atoms with Crippen LogP contribution in [0.3, 0.4) is 0 Å². The lowest BCUT2D eigenvalue weighted by atomic mass is 9.86. The van der Waals surface area contributed by atoms with Gasteiger partial charge in [-0.25, -0.2) is 22.8 Å². The summed E-state index contributed by atoms with van der Waals surface area (Å²) >= 11 is 0. The number of aryl methyl sites for hydroxylation is 1. The molecule has 2 aromatic rings. The van der Waals surface area contributed by atoms with Crippen molar-refractivity contribution in [2.75, 3.05) is 18.0 Å². The van der Waals surface area contributed by atoms with Crippen LogP contribution in [-0.4, -0.2) is 36.2 Å². The molecular weight excluding hydrogens is 353 g/mol. The molecular formula is C19H24FN3O2S. The zero-order valence-corrected chi connectivity index (χ0v) is 16.1. The van der Waals surface area contributed by atoms with E-state index in [-0.39, 0.29) is 10.8 Å². The van der Waals surface area contributed by atoms with Crippen LogP contribution >= 0.6 is 0 Å². The second kappa shape index (κ2) is 6.95. The molecule has 2 heterocycles. The summed E-state index contributed by atoms with van der Waals surface area (Å²) in [6.07, 6.45) is 5.10. The van der Waals surface area contributed by atoms with E-state index >= 15 is 0 Å². The minimum absolute atomic E-state index is 0.00150. The van der Waals surface area contributed by atoms with Gasteiger partial charge in [0.05, 0.1) is 27.7 Å². The first-order valence-electron chi connectivity index (χ1n) is 8.75. The molecule has 0 amide bonds. The summed E-state index contributed by atoms with van der Waals surface area (Å²) in [4.78, 5) is 10.7. The van der Waals surface area contributed by atoms with Gasteiger partial charge >= 0.3 is 0 Å². The number of sulfone groups is 1. The van der Waals surface area contributed by atoms with Gasteiger partial charge in [0, 0.05) is 13.1 Å². The van der Waals surface area contributed by atoms with Gasteiger partial charge in [-0.2, -0.15) is 0 Å². The summed E-state index contributed by atoms with van der Waals surface area (Å²) in [5.41, 5.74) is 0.958. The van der Waals surface area contributed by atoms with Crippen LogP contribution in [0.2, 0.25) is 0 Å². The SMILES string of the molecule is Cc1ncc(N2CCC(C(C)(C)S(=O)(=O)c3cccc(F)c3)CC2)cn1. The Hall–Kier alpha value is -2.02. The highest BCUT2D eigenvalue weighted by Crippen LogP contribution is 2.38. The first kappa shape index (κ1) is 18.8. The molecule has 1 aliphatic rings. The highest BCUT2D eigenvalue weighted by atomic mass is 32.2. The molecule has 0 N–H and O–H groups in total. The Kier molecular flexibility index (Phi) is 5.01. The molecule has 7 heteroatoms. The molecule has 0 bridgehead atoms. The van der Waals surface area contributed by atoms with E-state index in [1.165, 1.54) is 18.2 Å². The number of anilines is 1. The maximum Gasteiger partial charge on any atom is 0.183 e. The number of aromatic nitrogens is 2. The molecule has 1 aromatic heterocycles. The van der Waals surface area contributed by atoms with Crippen molar-refractivity contribution < 1.29 is 12.8 Å². The van der Waals surface area contributed by atoms with Crippen molar-refractivity contribution in [3.05, 3.63) is 48.3 Å². The van der Waals surface area contributed by atoms with Crippen LogP contribution in [0.5, 0.6) is 0 Å². The number of benzene rings is 1. The Labute approximate surface area is 154 Å². The number of rotatable bonds is 4. The fourth-order valence-electron chi connectivity index (χ4n) is 3.54. The summed E-state index contributed by atoms with van der Waals surface area (Å²) < 4.78 is 38.7. The molecule has 3 rings (SSSR count). The number of halogens is 1. The van der Waals surface area contributed by atoms with Crippen molar-refractivity contribution in [3.8, 4) is 0 Å². The normalized spacial score (nSPS) is 16.7. The lowest BCUT2D eigenvalue weighted by Gasteiger charge is -2.40. The Bertz CT molecular complexity index is 874. The molecule has 0 spiro atoms. The van der Waals surface area contributed by atoms with Crippen molar-refractivity contribution >= 4 is 15.5 Å². The second-order valence-corrected chi connectivity index (χ2v) is 9.84. The number of hydrogen-bond donors (Lipinski definition) is 0. The van der Waals surface area contributed by atoms with Gasteiger partial charge < -0.3 is 4.90 Å². The molecule has 5 nitrogen and oxygen atoms in total. The average molecular weight is 377 g/mol. The molecule has 0 atom stereocenters. The van der Waals surface area contributed by atoms with Gasteiger partial charge in [-0.3, -0.25) is 0 Å². The first-order valence-corrected chi connectivity index (χ1v) is 10.2. The summed E-state index contributed by atoms with van der Waals surface area (Å²) in [6, 6.07) is 5.28. The largest absolute Gasteiger partial charge is 0.369 e.